The van der Waals surface area contributed by atoms with E-state index < -0.39 is 0 Å². The Morgan fingerprint density at radius 1 is 1.11 bits per heavy atom. The number of nitrogens with one attached hydrogen (secondary N) is 1. The molecule has 0 aromatic heterocycles. The molecule has 4 nitrogen and oxygen atoms in total. The van der Waals surface area contributed by atoms with Crippen LogP contribution in [0.3, 0.4) is 0 Å². The van der Waals surface area contributed by atoms with Crippen molar-refractivity contribution in [3.05, 3.63) is 0 Å². The molecule has 0 atom stereocenters. The first kappa shape index (κ1) is 14.8. The molecule has 0 aromatic rings. The van der Waals surface area contributed by atoms with Crippen LogP contribution in [0.2, 0.25) is 0 Å². The number of piperidine rings is 1. The molecule has 2 fully saturated rings. The molecule has 1 saturated heterocycles. The van der Waals surface area contributed by atoms with E-state index in [2.05, 4.69) is 24.1 Å². The van der Waals surface area contributed by atoms with Crippen molar-refractivity contribution in [1.29, 1.82) is 0 Å². The first-order chi connectivity index (χ1) is 9.06. The Labute approximate surface area is 116 Å². The van der Waals surface area contributed by atoms with E-state index in [9.17, 15) is 9.90 Å². The summed E-state index contributed by atoms with van der Waals surface area (Å²) in [7, 11) is 0. The highest BCUT2D eigenvalue weighted by Crippen LogP contribution is 2.22. The van der Waals surface area contributed by atoms with E-state index in [0.717, 1.165) is 51.6 Å². The molecule has 1 amide bonds. The Bertz CT molecular complexity index is 291. The van der Waals surface area contributed by atoms with Crippen molar-refractivity contribution in [1.82, 2.24) is 10.2 Å². The first-order valence-electron chi connectivity index (χ1n) is 7.78. The number of hydrogen-bond donors (Lipinski definition) is 2. The summed E-state index contributed by atoms with van der Waals surface area (Å²) < 4.78 is 0. The second kappa shape index (κ2) is 6.71. The fourth-order valence-corrected chi connectivity index (χ4v) is 3.22. The number of aliphatic hydroxyl groups is 1. The molecule has 0 spiro atoms. The van der Waals surface area contributed by atoms with Crippen LogP contribution in [0, 0.1) is 5.92 Å². The molecule has 2 aliphatic rings. The third kappa shape index (κ3) is 4.18. The van der Waals surface area contributed by atoms with Gasteiger partial charge < -0.3 is 15.3 Å². The van der Waals surface area contributed by atoms with Crippen LogP contribution < -0.4 is 5.32 Å². The zero-order valence-corrected chi connectivity index (χ0v) is 12.3. The highest BCUT2D eigenvalue weighted by molar-refractivity contribution is 5.79. The van der Waals surface area contributed by atoms with Crippen LogP contribution in [-0.2, 0) is 4.79 Å². The number of carbonyl (C=O) groups is 1. The summed E-state index contributed by atoms with van der Waals surface area (Å²) >= 11 is 0. The van der Waals surface area contributed by atoms with E-state index in [1.54, 1.807) is 0 Å². The van der Waals surface area contributed by atoms with Crippen molar-refractivity contribution in [2.45, 2.75) is 70.6 Å². The second-order valence-electron chi connectivity index (χ2n) is 6.42. The van der Waals surface area contributed by atoms with Gasteiger partial charge >= 0.3 is 0 Å². The number of hydrogen-bond acceptors (Lipinski definition) is 3. The van der Waals surface area contributed by atoms with E-state index in [0.29, 0.717) is 12.1 Å². The average molecular weight is 268 g/mol. The van der Waals surface area contributed by atoms with Crippen molar-refractivity contribution in [2.24, 2.45) is 5.92 Å². The molecule has 1 aliphatic carbocycles. The van der Waals surface area contributed by atoms with Gasteiger partial charge in [0, 0.05) is 18.0 Å². The van der Waals surface area contributed by atoms with Gasteiger partial charge in [0.1, 0.15) is 0 Å². The lowest BCUT2D eigenvalue weighted by atomic mass is 9.91. The maximum Gasteiger partial charge on any atom is 0.223 e. The van der Waals surface area contributed by atoms with Crippen molar-refractivity contribution < 1.29 is 9.90 Å². The zero-order valence-electron chi connectivity index (χ0n) is 12.3. The lowest BCUT2D eigenvalue weighted by Gasteiger charge is -2.35. The minimum absolute atomic E-state index is 0.151. The molecule has 1 heterocycles. The summed E-state index contributed by atoms with van der Waals surface area (Å²) in [6.45, 7) is 6.51. The predicted molar refractivity (Wildman–Crippen MR) is 75.8 cm³/mol. The Morgan fingerprint density at radius 2 is 1.68 bits per heavy atom. The maximum atomic E-state index is 12.2. The first-order valence-corrected chi connectivity index (χ1v) is 7.78. The van der Waals surface area contributed by atoms with Crippen molar-refractivity contribution >= 4 is 5.91 Å². The molecule has 0 radical (unpaired) electrons. The Balaban J connectivity index is 1.72. The molecule has 4 heteroatoms. The summed E-state index contributed by atoms with van der Waals surface area (Å²) in [6.07, 6.45) is 5.34. The summed E-state index contributed by atoms with van der Waals surface area (Å²) in [5.74, 6) is 0.437. The molecule has 1 aliphatic heterocycles. The van der Waals surface area contributed by atoms with Crippen LogP contribution in [0.15, 0.2) is 0 Å². The number of carbonyl (C=O) groups excluding carboxylic acids is 1. The molecule has 0 unspecified atom stereocenters. The lowest BCUT2D eigenvalue weighted by molar-refractivity contribution is -0.127. The number of amides is 1. The van der Waals surface area contributed by atoms with Crippen LogP contribution in [0.5, 0.6) is 0 Å². The number of likely N-dealkylation sites (tertiary alicyclic amines) is 1. The fraction of sp³-hybridized carbons (Fsp3) is 0.933. The fourth-order valence-electron chi connectivity index (χ4n) is 3.22. The van der Waals surface area contributed by atoms with Gasteiger partial charge in [-0.05, 0) is 65.5 Å². The molecule has 0 aromatic carbocycles. The van der Waals surface area contributed by atoms with Gasteiger partial charge in [0.15, 0.2) is 0 Å². The monoisotopic (exact) mass is 268 g/mol. The number of nitrogens with zero attached hydrogens (tertiary/aromatic N) is 1. The molecule has 1 saturated carbocycles. The Morgan fingerprint density at radius 3 is 2.21 bits per heavy atom. The van der Waals surface area contributed by atoms with Crippen LogP contribution >= 0.6 is 0 Å². The van der Waals surface area contributed by atoms with E-state index in [1.807, 2.05) is 0 Å². The second-order valence-corrected chi connectivity index (χ2v) is 6.42. The number of aliphatic hydroxyl groups excluding tert-OH is 1. The number of rotatable bonds is 3. The molecule has 2 rings (SSSR count). The van der Waals surface area contributed by atoms with E-state index in [4.69, 9.17) is 0 Å². The SMILES string of the molecule is CC(C)N1CCC(C(=O)NC2CCC(O)CC2)CC1. The lowest BCUT2D eigenvalue weighted by Crippen LogP contribution is -2.46. The Hall–Kier alpha value is -0.610. The van der Waals surface area contributed by atoms with Crippen LogP contribution in [-0.4, -0.2) is 47.2 Å². The summed E-state index contributed by atoms with van der Waals surface area (Å²) in [6, 6.07) is 0.878. The van der Waals surface area contributed by atoms with Crippen LogP contribution in [0.1, 0.15) is 52.4 Å². The van der Waals surface area contributed by atoms with Gasteiger partial charge in [-0.3, -0.25) is 4.79 Å². The normalized spacial score (nSPS) is 30.5. The predicted octanol–water partition coefficient (Wildman–Crippen LogP) is 1.53. The molecule has 19 heavy (non-hydrogen) atoms. The molecule has 0 bridgehead atoms. The quantitative estimate of drug-likeness (QED) is 0.816. The standard InChI is InChI=1S/C15H28N2O2/c1-11(2)17-9-7-12(8-10-17)15(19)16-13-3-5-14(18)6-4-13/h11-14,18H,3-10H2,1-2H3,(H,16,19). The zero-order chi connectivity index (χ0) is 13.8. The third-order valence-electron chi connectivity index (χ3n) is 4.67. The van der Waals surface area contributed by atoms with Gasteiger partial charge in [-0.2, -0.15) is 0 Å². The minimum Gasteiger partial charge on any atom is -0.393 e. The largest absolute Gasteiger partial charge is 0.393 e. The highest BCUT2D eigenvalue weighted by Gasteiger charge is 2.28. The van der Waals surface area contributed by atoms with Crippen LogP contribution in [0.4, 0.5) is 0 Å². The molecule has 110 valence electrons. The van der Waals surface area contributed by atoms with Gasteiger partial charge in [0.25, 0.3) is 0 Å². The van der Waals surface area contributed by atoms with Crippen molar-refractivity contribution in [3.8, 4) is 0 Å². The highest BCUT2D eigenvalue weighted by atomic mass is 16.3. The van der Waals surface area contributed by atoms with Gasteiger partial charge in [0.2, 0.25) is 5.91 Å². The smallest absolute Gasteiger partial charge is 0.223 e. The average Bonchev–Trinajstić information content (AvgIpc) is 2.41. The van der Waals surface area contributed by atoms with Gasteiger partial charge in [-0.25, -0.2) is 0 Å². The van der Waals surface area contributed by atoms with Gasteiger partial charge in [-0.15, -0.1) is 0 Å². The van der Waals surface area contributed by atoms with Crippen molar-refractivity contribution in [2.75, 3.05) is 13.1 Å². The summed E-state index contributed by atoms with van der Waals surface area (Å²) in [5, 5.41) is 12.7. The van der Waals surface area contributed by atoms with E-state index in [-0.39, 0.29) is 17.9 Å². The summed E-state index contributed by atoms with van der Waals surface area (Å²) in [5.41, 5.74) is 0. The van der Waals surface area contributed by atoms with E-state index in [1.165, 1.54) is 0 Å². The minimum atomic E-state index is -0.151. The van der Waals surface area contributed by atoms with Gasteiger partial charge in [0.05, 0.1) is 6.10 Å². The van der Waals surface area contributed by atoms with Crippen LogP contribution in [0.25, 0.3) is 0 Å². The molecule has 2 N–H and O–H groups in total. The summed E-state index contributed by atoms with van der Waals surface area (Å²) in [4.78, 5) is 14.7. The molecular weight excluding hydrogens is 240 g/mol. The topological polar surface area (TPSA) is 52.6 Å². The van der Waals surface area contributed by atoms with Crippen molar-refractivity contribution in [3.63, 3.8) is 0 Å². The third-order valence-corrected chi connectivity index (χ3v) is 4.67. The Kier molecular flexibility index (Phi) is 5.22. The maximum absolute atomic E-state index is 12.2. The van der Waals surface area contributed by atoms with E-state index >= 15 is 0 Å². The van der Waals surface area contributed by atoms with Gasteiger partial charge in [-0.1, -0.05) is 0 Å². The molecular formula is C15H28N2O2.